The van der Waals surface area contributed by atoms with Crippen molar-refractivity contribution in [3.63, 3.8) is 0 Å². The molecule has 0 spiro atoms. The summed E-state index contributed by atoms with van der Waals surface area (Å²) in [7, 11) is 0. The molecule has 6 nitrogen and oxygen atoms in total. The number of rotatable bonds is 6. The fraction of sp³-hybridized carbons (Fsp3) is 0.550. The van der Waals surface area contributed by atoms with E-state index < -0.39 is 0 Å². The first-order chi connectivity index (χ1) is 12.7. The first kappa shape index (κ1) is 17.2. The normalized spacial score (nSPS) is 18.0. The predicted molar refractivity (Wildman–Crippen MR) is 99.5 cm³/mol. The number of carbonyl (C=O) groups excluding carboxylic acids is 1. The Bertz CT molecular complexity index is 757. The molecule has 4 rings (SSSR count). The van der Waals surface area contributed by atoms with Crippen molar-refractivity contribution in [2.45, 2.75) is 58.2 Å². The highest BCUT2D eigenvalue weighted by atomic mass is 16.1. The van der Waals surface area contributed by atoms with Crippen molar-refractivity contribution in [2.75, 3.05) is 6.54 Å². The van der Waals surface area contributed by atoms with E-state index in [4.69, 9.17) is 0 Å². The molecule has 138 valence electrons. The monoisotopic (exact) mass is 353 g/mol. The number of pyridine rings is 1. The Morgan fingerprint density at radius 3 is 3.12 bits per heavy atom. The number of aromatic nitrogens is 3. The topological polar surface area (TPSA) is 71.8 Å². The van der Waals surface area contributed by atoms with Gasteiger partial charge in [0, 0.05) is 32.1 Å². The van der Waals surface area contributed by atoms with Gasteiger partial charge >= 0.3 is 0 Å². The largest absolute Gasteiger partial charge is 0.347 e. The maximum atomic E-state index is 12.5. The Kier molecular flexibility index (Phi) is 5.02. The van der Waals surface area contributed by atoms with Gasteiger partial charge < -0.3 is 10.6 Å². The second-order valence-electron chi connectivity index (χ2n) is 7.52. The molecule has 3 heterocycles. The lowest BCUT2D eigenvalue weighted by Crippen LogP contribution is -2.30. The first-order valence-corrected chi connectivity index (χ1v) is 9.67. The summed E-state index contributed by atoms with van der Waals surface area (Å²) >= 11 is 0. The molecule has 2 aliphatic rings. The van der Waals surface area contributed by atoms with Gasteiger partial charge in [0.15, 0.2) is 0 Å². The number of hydrogen-bond donors (Lipinski definition) is 2. The summed E-state index contributed by atoms with van der Waals surface area (Å²) in [5.41, 5.74) is 4.40. The molecule has 26 heavy (non-hydrogen) atoms. The van der Waals surface area contributed by atoms with Crippen molar-refractivity contribution in [1.82, 2.24) is 25.4 Å². The highest BCUT2D eigenvalue weighted by Crippen LogP contribution is 2.40. The molecule has 1 amide bonds. The molecule has 2 N–H and O–H groups in total. The van der Waals surface area contributed by atoms with E-state index >= 15 is 0 Å². The molecule has 0 aromatic carbocycles. The molecule has 2 aromatic rings. The van der Waals surface area contributed by atoms with Crippen LogP contribution in [0.25, 0.3) is 0 Å². The molecular weight excluding hydrogens is 326 g/mol. The number of hydrogen-bond acceptors (Lipinski definition) is 4. The van der Waals surface area contributed by atoms with Crippen molar-refractivity contribution >= 4 is 5.91 Å². The number of nitrogens with zero attached hydrogens (tertiary/aromatic N) is 3. The summed E-state index contributed by atoms with van der Waals surface area (Å²) in [6.45, 7) is 4.92. The molecule has 0 radical (unpaired) electrons. The van der Waals surface area contributed by atoms with Crippen LogP contribution in [0.1, 0.15) is 54.4 Å². The standard InChI is InChI=1S/C20H27N5O/c1-14-7-9-22-18(11-14)20(15-3-4-15)23-19(26)6-5-16-12-17-13-21-8-2-10-25(17)24-16/h7,9,11-12,15,20-21H,2-6,8,10,13H2,1H3,(H,23,26). The second-order valence-corrected chi connectivity index (χ2v) is 7.52. The van der Waals surface area contributed by atoms with Crippen LogP contribution < -0.4 is 10.6 Å². The third-order valence-electron chi connectivity index (χ3n) is 5.22. The average molecular weight is 353 g/mol. The molecule has 0 saturated heterocycles. The lowest BCUT2D eigenvalue weighted by Gasteiger charge is -2.18. The van der Waals surface area contributed by atoms with Crippen LogP contribution in [0.5, 0.6) is 0 Å². The Morgan fingerprint density at radius 2 is 2.31 bits per heavy atom. The molecule has 1 aliphatic heterocycles. The van der Waals surface area contributed by atoms with Gasteiger partial charge in [-0.2, -0.15) is 5.10 Å². The van der Waals surface area contributed by atoms with Gasteiger partial charge in [0.05, 0.1) is 23.1 Å². The van der Waals surface area contributed by atoms with E-state index in [1.807, 2.05) is 12.3 Å². The number of nitrogens with one attached hydrogen (secondary N) is 2. The Hall–Kier alpha value is -2.21. The zero-order chi connectivity index (χ0) is 17.9. The lowest BCUT2D eigenvalue weighted by molar-refractivity contribution is -0.122. The smallest absolute Gasteiger partial charge is 0.220 e. The summed E-state index contributed by atoms with van der Waals surface area (Å²) < 4.78 is 2.08. The number of fused-ring (bicyclic) bond motifs is 1. The maximum Gasteiger partial charge on any atom is 0.220 e. The van der Waals surface area contributed by atoms with Gasteiger partial charge in [0.2, 0.25) is 5.91 Å². The van der Waals surface area contributed by atoms with Gasteiger partial charge in [0.1, 0.15) is 0 Å². The zero-order valence-corrected chi connectivity index (χ0v) is 15.4. The fourth-order valence-corrected chi connectivity index (χ4v) is 3.62. The fourth-order valence-electron chi connectivity index (χ4n) is 3.62. The molecule has 2 aromatic heterocycles. The summed E-state index contributed by atoms with van der Waals surface area (Å²) in [4.78, 5) is 17.0. The van der Waals surface area contributed by atoms with Gasteiger partial charge in [-0.15, -0.1) is 0 Å². The molecule has 6 heteroatoms. The van der Waals surface area contributed by atoms with Gasteiger partial charge in [-0.05, 0) is 62.4 Å². The van der Waals surface area contributed by atoms with Crippen LogP contribution in [-0.2, 0) is 24.3 Å². The van der Waals surface area contributed by atoms with Crippen LogP contribution in [0.2, 0.25) is 0 Å². The Balaban J connectivity index is 1.36. The third-order valence-corrected chi connectivity index (χ3v) is 5.22. The maximum absolute atomic E-state index is 12.5. The zero-order valence-electron chi connectivity index (χ0n) is 15.4. The van der Waals surface area contributed by atoms with Gasteiger partial charge in [0.25, 0.3) is 0 Å². The molecule has 1 fully saturated rings. The van der Waals surface area contributed by atoms with Crippen LogP contribution in [0.4, 0.5) is 0 Å². The highest BCUT2D eigenvalue weighted by Gasteiger charge is 2.34. The van der Waals surface area contributed by atoms with Crippen molar-refractivity contribution in [1.29, 1.82) is 0 Å². The van der Waals surface area contributed by atoms with Crippen LogP contribution in [0.15, 0.2) is 24.4 Å². The van der Waals surface area contributed by atoms with Crippen molar-refractivity contribution in [3.8, 4) is 0 Å². The van der Waals surface area contributed by atoms with Crippen molar-refractivity contribution < 1.29 is 4.79 Å². The summed E-state index contributed by atoms with van der Waals surface area (Å²) in [6.07, 6.45) is 6.42. The minimum Gasteiger partial charge on any atom is -0.347 e. The minimum atomic E-state index is 0.0466. The van der Waals surface area contributed by atoms with Crippen LogP contribution in [-0.4, -0.2) is 27.2 Å². The number of aryl methyl sites for hydroxylation is 3. The first-order valence-electron chi connectivity index (χ1n) is 9.67. The molecule has 1 saturated carbocycles. The minimum absolute atomic E-state index is 0.0466. The SMILES string of the molecule is Cc1ccnc(C(NC(=O)CCc2cc3n(n2)CCCNC3)C2CC2)c1. The van der Waals surface area contributed by atoms with Crippen LogP contribution >= 0.6 is 0 Å². The van der Waals surface area contributed by atoms with Gasteiger partial charge in [-0.3, -0.25) is 14.5 Å². The quantitative estimate of drug-likeness (QED) is 0.836. The predicted octanol–water partition coefficient (Wildman–Crippen LogP) is 2.28. The van der Waals surface area contributed by atoms with Gasteiger partial charge in [-0.1, -0.05) is 0 Å². The third kappa shape index (κ3) is 4.12. The summed E-state index contributed by atoms with van der Waals surface area (Å²) in [5.74, 6) is 0.620. The van der Waals surface area contributed by atoms with Gasteiger partial charge in [-0.25, -0.2) is 0 Å². The van der Waals surface area contributed by atoms with Crippen molar-refractivity contribution in [2.24, 2.45) is 5.92 Å². The number of carbonyl (C=O) groups is 1. The van der Waals surface area contributed by atoms with E-state index in [1.165, 1.54) is 24.1 Å². The molecular formula is C20H27N5O. The molecule has 1 aliphatic carbocycles. The van der Waals surface area contributed by atoms with E-state index in [2.05, 4.69) is 44.5 Å². The van der Waals surface area contributed by atoms with E-state index in [0.717, 1.165) is 37.4 Å². The number of amides is 1. The van der Waals surface area contributed by atoms with Crippen molar-refractivity contribution in [3.05, 3.63) is 47.0 Å². The second kappa shape index (κ2) is 7.58. The van der Waals surface area contributed by atoms with E-state index in [9.17, 15) is 4.79 Å². The molecule has 0 bridgehead atoms. The Labute approximate surface area is 154 Å². The average Bonchev–Trinajstić information content (AvgIpc) is 3.43. The van der Waals surface area contributed by atoms with E-state index in [0.29, 0.717) is 18.8 Å². The molecule has 1 unspecified atom stereocenters. The molecule has 1 atom stereocenters. The summed E-state index contributed by atoms with van der Waals surface area (Å²) in [6, 6.07) is 6.26. The highest BCUT2D eigenvalue weighted by molar-refractivity contribution is 5.76. The van der Waals surface area contributed by atoms with E-state index in [-0.39, 0.29) is 11.9 Å². The summed E-state index contributed by atoms with van der Waals surface area (Å²) in [5, 5.41) is 11.3. The van der Waals surface area contributed by atoms with Crippen LogP contribution in [0.3, 0.4) is 0 Å². The van der Waals surface area contributed by atoms with E-state index in [1.54, 1.807) is 0 Å². The van der Waals surface area contributed by atoms with Crippen LogP contribution in [0, 0.1) is 12.8 Å². The lowest BCUT2D eigenvalue weighted by atomic mass is 10.1. The Morgan fingerprint density at radius 1 is 1.42 bits per heavy atom.